The number of rotatable bonds is 5. The number of ether oxygens (including phenoxy) is 1. The van der Waals surface area contributed by atoms with Gasteiger partial charge in [-0.05, 0) is 49.9 Å². The van der Waals surface area contributed by atoms with Crippen molar-refractivity contribution in [2.24, 2.45) is 10.9 Å². The van der Waals surface area contributed by atoms with Crippen LogP contribution in [0.2, 0.25) is 0 Å². The van der Waals surface area contributed by atoms with E-state index in [9.17, 15) is 13.6 Å². The molecule has 0 unspecified atom stereocenters. The number of likely N-dealkylation sites (tertiary alicyclic amines) is 1. The molecule has 26 heavy (non-hydrogen) atoms. The summed E-state index contributed by atoms with van der Waals surface area (Å²) >= 11 is 0. The summed E-state index contributed by atoms with van der Waals surface area (Å²) in [7, 11) is 1.41. The maximum absolute atomic E-state index is 13.7. The van der Waals surface area contributed by atoms with Crippen molar-refractivity contribution in [3.8, 4) is 0 Å². The van der Waals surface area contributed by atoms with Gasteiger partial charge in [-0.1, -0.05) is 0 Å². The lowest BCUT2D eigenvalue weighted by Gasteiger charge is -2.33. The van der Waals surface area contributed by atoms with E-state index in [1.54, 1.807) is 0 Å². The van der Waals surface area contributed by atoms with E-state index in [2.05, 4.69) is 15.2 Å². The molecule has 0 aliphatic carbocycles. The molecule has 1 aliphatic heterocycles. The Kier molecular flexibility index (Phi) is 9.82. The molecule has 1 aliphatic rings. The summed E-state index contributed by atoms with van der Waals surface area (Å²) in [6, 6.07) is 3.45. The van der Waals surface area contributed by atoms with Crippen molar-refractivity contribution in [2.45, 2.75) is 26.2 Å². The fourth-order valence-electron chi connectivity index (χ4n) is 2.94. The third kappa shape index (κ3) is 6.37. The molecule has 8 heteroatoms. The molecule has 2 rings (SSSR count). The summed E-state index contributed by atoms with van der Waals surface area (Å²) < 4.78 is 31.7. The van der Waals surface area contributed by atoms with Gasteiger partial charge in [0, 0.05) is 26.2 Å². The fraction of sp³-hybridized carbons (Fsp3) is 0.556. The predicted molar refractivity (Wildman–Crippen MR) is 108 cm³/mol. The Morgan fingerprint density at radius 2 is 2.04 bits per heavy atom. The number of benzene rings is 1. The first-order chi connectivity index (χ1) is 12.0. The molecule has 0 radical (unpaired) electrons. The third-order valence-electron chi connectivity index (χ3n) is 4.31. The second-order valence-electron chi connectivity index (χ2n) is 6.01. The smallest absolute Gasteiger partial charge is 0.308 e. The van der Waals surface area contributed by atoms with Gasteiger partial charge in [-0.3, -0.25) is 9.79 Å². The van der Waals surface area contributed by atoms with E-state index >= 15 is 0 Å². The number of esters is 1. The summed E-state index contributed by atoms with van der Waals surface area (Å²) in [6.45, 7) is 4.46. The number of aliphatic imine (C=N–C) groups is 1. The van der Waals surface area contributed by atoms with Crippen LogP contribution in [0.15, 0.2) is 23.2 Å². The monoisotopic (exact) mass is 481 g/mol. The first kappa shape index (κ1) is 22.6. The number of nitrogens with one attached hydrogen (secondary N) is 1. The van der Waals surface area contributed by atoms with Crippen LogP contribution in [0.4, 0.5) is 8.78 Å². The highest BCUT2D eigenvalue weighted by atomic mass is 127. The van der Waals surface area contributed by atoms with Crippen molar-refractivity contribution in [3.63, 3.8) is 0 Å². The van der Waals surface area contributed by atoms with Crippen LogP contribution in [0.3, 0.4) is 0 Å². The average molecular weight is 481 g/mol. The largest absolute Gasteiger partial charge is 0.469 e. The van der Waals surface area contributed by atoms with Crippen LogP contribution in [-0.4, -0.2) is 50.1 Å². The first-order valence-electron chi connectivity index (χ1n) is 8.60. The molecule has 0 bridgehead atoms. The minimum absolute atomic E-state index is 0. The zero-order chi connectivity index (χ0) is 18.2. The molecule has 5 nitrogen and oxygen atoms in total. The molecule has 0 atom stereocenters. The van der Waals surface area contributed by atoms with Gasteiger partial charge >= 0.3 is 5.97 Å². The second kappa shape index (κ2) is 11.3. The van der Waals surface area contributed by atoms with Crippen LogP contribution in [0, 0.1) is 17.6 Å². The molecule has 0 saturated carbocycles. The van der Waals surface area contributed by atoms with Crippen molar-refractivity contribution in [1.29, 1.82) is 0 Å². The van der Waals surface area contributed by atoms with Gasteiger partial charge in [0.15, 0.2) is 5.96 Å². The van der Waals surface area contributed by atoms with E-state index in [1.165, 1.54) is 13.2 Å². The number of piperidine rings is 1. The van der Waals surface area contributed by atoms with E-state index in [0.717, 1.165) is 30.9 Å². The molecule has 1 heterocycles. The molecule has 0 spiro atoms. The first-order valence-corrected chi connectivity index (χ1v) is 8.60. The van der Waals surface area contributed by atoms with E-state index < -0.39 is 11.6 Å². The van der Waals surface area contributed by atoms with Gasteiger partial charge in [-0.15, -0.1) is 24.0 Å². The minimum atomic E-state index is -0.447. The molecule has 0 amide bonds. The van der Waals surface area contributed by atoms with Crippen LogP contribution < -0.4 is 5.32 Å². The Morgan fingerprint density at radius 3 is 2.65 bits per heavy atom. The van der Waals surface area contributed by atoms with Crippen molar-refractivity contribution in [2.75, 3.05) is 33.3 Å². The zero-order valence-corrected chi connectivity index (χ0v) is 17.5. The highest BCUT2D eigenvalue weighted by Gasteiger charge is 2.26. The van der Waals surface area contributed by atoms with Crippen molar-refractivity contribution in [1.82, 2.24) is 10.2 Å². The maximum atomic E-state index is 13.7. The van der Waals surface area contributed by atoms with E-state index in [0.29, 0.717) is 38.2 Å². The number of hydrogen-bond acceptors (Lipinski definition) is 3. The molecule has 1 aromatic rings. The van der Waals surface area contributed by atoms with Gasteiger partial charge in [0.25, 0.3) is 0 Å². The number of methoxy groups -OCH3 is 1. The van der Waals surface area contributed by atoms with Crippen molar-refractivity contribution in [3.05, 3.63) is 35.4 Å². The lowest BCUT2D eigenvalue weighted by atomic mass is 9.97. The Balaban J connectivity index is 0.00000338. The molecule has 1 saturated heterocycles. The highest BCUT2D eigenvalue weighted by molar-refractivity contribution is 14.0. The summed E-state index contributed by atoms with van der Waals surface area (Å²) in [5, 5.41) is 3.21. The van der Waals surface area contributed by atoms with E-state index in [1.807, 2.05) is 6.92 Å². The average Bonchev–Trinajstić information content (AvgIpc) is 2.63. The molecule has 1 N–H and O–H groups in total. The molecule has 146 valence electrons. The van der Waals surface area contributed by atoms with Crippen molar-refractivity contribution < 1.29 is 18.3 Å². The lowest BCUT2D eigenvalue weighted by Crippen LogP contribution is -2.46. The van der Waals surface area contributed by atoms with Gasteiger partial charge in [0.2, 0.25) is 0 Å². The van der Waals surface area contributed by atoms with Crippen LogP contribution >= 0.6 is 24.0 Å². The van der Waals surface area contributed by atoms with Gasteiger partial charge in [-0.25, -0.2) is 8.78 Å². The Morgan fingerprint density at radius 1 is 1.35 bits per heavy atom. The standard InChI is InChI=1S/C18H25F2N3O2.HI/c1-3-21-18(23-10-7-13(8-11-23)17(24)25-2)22-9-6-14-12-15(19)4-5-16(14)20;/h4-5,12-13H,3,6-11H2,1-2H3,(H,21,22);1H. The van der Waals surface area contributed by atoms with E-state index in [4.69, 9.17) is 4.74 Å². The number of nitrogens with zero attached hydrogens (tertiary/aromatic N) is 2. The highest BCUT2D eigenvalue weighted by Crippen LogP contribution is 2.18. The van der Waals surface area contributed by atoms with Crippen LogP contribution in [0.5, 0.6) is 0 Å². The Bertz CT molecular complexity index is 620. The number of hydrogen-bond donors (Lipinski definition) is 1. The number of halogens is 3. The molecule has 1 fully saturated rings. The fourth-order valence-corrected chi connectivity index (χ4v) is 2.94. The topological polar surface area (TPSA) is 53.9 Å². The van der Waals surface area contributed by atoms with Crippen LogP contribution in [0.1, 0.15) is 25.3 Å². The summed E-state index contributed by atoms with van der Waals surface area (Å²) in [5.41, 5.74) is 0.323. The number of carbonyl (C=O) groups excluding carboxylic acids is 1. The van der Waals surface area contributed by atoms with Crippen LogP contribution in [-0.2, 0) is 16.0 Å². The SMILES string of the molecule is CCNC(=NCCc1cc(F)ccc1F)N1CCC(C(=O)OC)CC1.I. The Hall–Kier alpha value is -1.45. The minimum Gasteiger partial charge on any atom is -0.469 e. The van der Waals surface area contributed by atoms with Gasteiger partial charge in [0.05, 0.1) is 13.0 Å². The summed E-state index contributed by atoms with van der Waals surface area (Å²) in [6.07, 6.45) is 1.77. The van der Waals surface area contributed by atoms with Gasteiger partial charge in [0.1, 0.15) is 11.6 Å². The third-order valence-corrected chi connectivity index (χ3v) is 4.31. The normalized spacial score (nSPS) is 15.4. The Labute approximate surface area is 170 Å². The number of guanidine groups is 1. The van der Waals surface area contributed by atoms with Gasteiger partial charge in [-0.2, -0.15) is 0 Å². The number of carbonyl (C=O) groups is 1. The molecular weight excluding hydrogens is 455 g/mol. The molecule has 1 aromatic carbocycles. The van der Waals surface area contributed by atoms with Gasteiger partial charge < -0.3 is 15.0 Å². The molecular formula is C18H26F2IN3O2. The van der Waals surface area contributed by atoms with E-state index in [-0.39, 0.29) is 35.9 Å². The lowest BCUT2D eigenvalue weighted by molar-refractivity contribution is -0.146. The summed E-state index contributed by atoms with van der Waals surface area (Å²) in [5.74, 6) is -0.353. The second-order valence-corrected chi connectivity index (χ2v) is 6.01. The van der Waals surface area contributed by atoms with Crippen molar-refractivity contribution >= 4 is 35.9 Å². The predicted octanol–water partition coefficient (Wildman–Crippen LogP) is 2.98. The quantitative estimate of drug-likeness (QED) is 0.304. The van der Waals surface area contributed by atoms with Crippen LogP contribution in [0.25, 0.3) is 0 Å². The maximum Gasteiger partial charge on any atom is 0.308 e. The molecule has 0 aromatic heterocycles. The summed E-state index contributed by atoms with van der Waals surface area (Å²) in [4.78, 5) is 18.2. The zero-order valence-electron chi connectivity index (χ0n) is 15.1.